The molecule has 3 aromatic rings. The van der Waals surface area contributed by atoms with Crippen LogP contribution in [0.3, 0.4) is 0 Å². The minimum Gasteiger partial charge on any atom is -0.294 e. The molecule has 0 bridgehead atoms. The molecule has 0 atom stereocenters. The van der Waals surface area contributed by atoms with E-state index in [1.807, 2.05) is 19.1 Å². The van der Waals surface area contributed by atoms with Gasteiger partial charge in [-0.05, 0) is 36.2 Å². The van der Waals surface area contributed by atoms with E-state index in [0.29, 0.717) is 24.2 Å². The number of hydrogen-bond donors (Lipinski definition) is 1. The van der Waals surface area contributed by atoms with E-state index in [-0.39, 0.29) is 11.2 Å². The lowest BCUT2D eigenvalue weighted by Crippen LogP contribution is -2.17. The predicted molar refractivity (Wildman–Crippen MR) is 103 cm³/mol. The molecule has 0 radical (unpaired) electrons. The van der Waals surface area contributed by atoms with Crippen molar-refractivity contribution >= 4 is 11.9 Å². The molecule has 0 spiro atoms. The normalized spacial score (nSPS) is 11.1. The van der Waals surface area contributed by atoms with Gasteiger partial charge >= 0.3 is 0 Å². The van der Waals surface area contributed by atoms with E-state index in [4.69, 9.17) is 0 Å². The Hall–Kier alpha value is -3.55. The van der Waals surface area contributed by atoms with E-state index in [1.165, 1.54) is 16.8 Å². The zero-order chi connectivity index (χ0) is 19.2. The molecule has 0 aliphatic heterocycles. The van der Waals surface area contributed by atoms with Crippen molar-refractivity contribution < 1.29 is 4.92 Å². The number of benzene rings is 1. The average molecular weight is 365 g/mol. The SMILES string of the molecule is CCCc1[nH]n(-c2ccc([N+](=O)[O-])cc2)c(=O)c1C=NCc1ccncc1. The van der Waals surface area contributed by atoms with Gasteiger partial charge in [0.25, 0.3) is 11.2 Å². The van der Waals surface area contributed by atoms with Gasteiger partial charge in [-0.3, -0.25) is 30.0 Å². The number of non-ortho nitro benzene ring substituents is 1. The maximum atomic E-state index is 12.8. The van der Waals surface area contributed by atoms with Gasteiger partial charge in [0.1, 0.15) is 0 Å². The number of aromatic nitrogens is 3. The summed E-state index contributed by atoms with van der Waals surface area (Å²) in [5.41, 5.74) is 2.59. The molecule has 0 unspecified atom stereocenters. The summed E-state index contributed by atoms with van der Waals surface area (Å²) in [5, 5.41) is 13.9. The molecule has 8 heteroatoms. The molecule has 138 valence electrons. The van der Waals surface area contributed by atoms with Gasteiger partial charge in [-0.25, -0.2) is 4.68 Å². The largest absolute Gasteiger partial charge is 0.294 e. The first-order valence-electron chi connectivity index (χ1n) is 8.57. The van der Waals surface area contributed by atoms with Crippen molar-refractivity contribution in [2.45, 2.75) is 26.3 Å². The Balaban J connectivity index is 1.91. The first-order chi connectivity index (χ1) is 13.1. The van der Waals surface area contributed by atoms with Crippen molar-refractivity contribution in [3.8, 4) is 5.69 Å². The summed E-state index contributed by atoms with van der Waals surface area (Å²) < 4.78 is 1.39. The minimum atomic E-state index is -0.471. The summed E-state index contributed by atoms with van der Waals surface area (Å²) in [5.74, 6) is 0. The number of nitro groups is 1. The molecule has 2 aromatic heterocycles. The fraction of sp³-hybridized carbons (Fsp3) is 0.211. The Morgan fingerprint density at radius 3 is 2.56 bits per heavy atom. The van der Waals surface area contributed by atoms with Gasteiger partial charge in [0, 0.05) is 36.4 Å². The van der Waals surface area contributed by atoms with Gasteiger partial charge in [0.2, 0.25) is 0 Å². The van der Waals surface area contributed by atoms with E-state index in [1.54, 1.807) is 30.7 Å². The fourth-order valence-corrected chi connectivity index (χ4v) is 2.70. The van der Waals surface area contributed by atoms with Gasteiger partial charge in [-0.15, -0.1) is 0 Å². The van der Waals surface area contributed by atoms with Crippen LogP contribution in [0.15, 0.2) is 58.6 Å². The van der Waals surface area contributed by atoms with Crippen molar-refractivity contribution in [3.05, 3.63) is 86.1 Å². The summed E-state index contributed by atoms with van der Waals surface area (Å²) in [6, 6.07) is 9.58. The van der Waals surface area contributed by atoms with Crippen molar-refractivity contribution in [2.75, 3.05) is 0 Å². The van der Waals surface area contributed by atoms with Crippen molar-refractivity contribution in [1.29, 1.82) is 0 Å². The number of aryl methyl sites for hydroxylation is 1. The van der Waals surface area contributed by atoms with Crippen LogP contribution in [-0.4, -0.2) is 25.9 Å². The van der Waals surface area contributed by atoms with Gasteiger partial charge < -0.3 is 0 Å². The molecule has 0 aliphatic rings. The molecule has 1 aromatic carbocycles. The second-order valence-electron chi connectivity index (χ2n) is 5.99. The second-order valence-corrected chi connectivity index (χ2v) is 5.99. The van der Waals surface area contributed by atoms with Crippen LogP contribution in [-0.2, 0) is 13.0 Å². The topological polar surface area (TPSA) is 106 Å². The minimum absolute atomic E-state index is 0.0220. The highest BCUT2D eigenvalue weighted by molar-refractivity contribution is 5.80. The molecule has 0 saturated carbocycles. The quantitative estimate of drug-likeness (QED) is 0.394. The van der Waals surface area contributed by atoms with Crippen molar-refractivity contribution in [1.82, 2.24) is 14.8 Å². The number of nitrogens with zero attached hydrogens (tertiary/aromatic N) is 4. The molecule has 2 heterocycles. The van der Waals surface area contributed by atoms with E-state index in [2.05, 4.69) is 15.1 Å². The van der Waals surface area contributed by atoms with Crippen LogP contribution in [0.4, 0.5) is 5.69 Å². The molecule has 0 aliphatic carbocycles. The number of nitrogens with one attached hydrogen (secondary N) is 1. The fourth-order valence-electron chi connectivity index (χ4n) is 2.70. The molecule has 0 amide bonds. The Morgan fingerprint density at radius 2 is 1.93 bits per heavy atom. The highest BCUT2D eigenvalue weighted by Crippen LogP contribution is 2.15. The smallest absolute Gasteiger partial charge is 0.280 e. The molecular formula is C19H19N5O3. The van der Waals surface area contributed by atoms with Gasteiger partial charge in [-0.2, -0.15) is 0 Å². The zero-order valence-corrected chi connectivity index (χ0v) is 14.8. The Bertz CT molecular complexity index is 1000. The second kappa shape index (κ2) is 8.22. The van der Waals surface area contributed by atoms with Crippen LogP contribution in [0, 0.1) is 10.1 Å². The summed E-state index contributed by atoms with van der Waals surface area (Å²) in [6.07, 6.45) is 6.56. The van der Waals surface area contributed by atoms with E-state index in [0.717, 1.165) is 17.7 Å². The van der Waals surface area contributed by atoms with Crippen LogP contribution in [0.25, 0.3) is 5.69 Å². The Morgan fingerprint density at radius 1 is 1.22 bits per heavy atom. The van der Waals surface area contributed by atoms with Crippen molar-refractivity contribution in [2.24, 2.45) is 4.99 Å². The Kier molecular flexibility index (Phi) is 5.55. The van der Waals surface area contributed by atoms with E-state index < -0.39 is 4.92 Å². The highest BCUT2D eigenvalue weighted by Gasteiger charge is 2.14. The van der Waals surface area contributed by atoms with Gasteiger partial charge in [-0.1, -0.05) is 13.3 Å². The number of pyridine rings is 1. The molecule has 27 heavy (non-hydrogen) atoms. The lowest BCUT2D eigenvalue weighted by molar-refractivity contribution is -0.384. The number of H-pyrrole nitrogens is 1. The van der Waals surface area contributed by atoms with Crippen LogP contribution >= 0.6 is 0 Å². The highest BCUT2D eigenvalue weighted by atomic mass is 16.6. The molecule has 1 N–H and O–H groups in total. The van der Waals surface area contributed by atoms with Gasteiger partial charge in [0.15, 0.2) is 0 Å². The number of aromatic amines is 1. The molecule has 8 nitrogen and oxygen atoms in total. The molecule has 0 saturated heterocycles. The first kappa shape index (κ1) is 18.2. The van der Waals surface area contributed by atoms with E-state index >= 15 is 0 Å². The number of aliphatic imine (C=N–C) groups is 1. The van der Waals surface area contributed by atoms with Gasteiger partial charge in [0.05, 0.1) is 22.7 Å². The molecular weight excluding hydrogens is 346 g/mol. The lowest BCUT2D eigenvalue weighted by Gasteiger charge is -2.01. The monoisotopic (exact) mass is 365 g/mol. The van der Waals surface area contributed by atoms with Crippen LogP contribution in [0.1, 0.15) is 30.2 Å². The summed E-state index contributed by atoms with van der Waals surface area (Å²) in [7, 11) is 0. The third kappa shape index (κ3) is 4.17. The maximum absolute atomic E-state index is 12.8. The summed E-state index contributed by atoms with van der Waals surface area (Å²) >= 11 is 0. The molecule has 3 rings (SSSR count). The maximum Gasteiger partial charge on any atom is 0.280 e. The third-order valence-electron chi connectivity index (χ3n) is 4.07. The number of nitro benzene ring substituents is 1. The summed E-state index contributed by atoms with van der Waals surface area (Å²) in [4.78, 5) is 31.5. The van der Waals surface area contributed by atoms with E-state index in [9.17, 15) is 14.9 Å². The Labute approximate surface area is 155 Å². The summed E-state index contributed by atoms with van der Waals surface area (Å²) in [6.45, 7) is 2.48. The predicted octanol–water partition coefficient (Wildman–Crippen LogP) is 3.04. The lowest BCUT2D eigenvalue weighted by atomic mass is 10.2. The average Bonchev–Trinajstić information content (AvgIpc) is 2.99. The zero-order valence-electron chi connectivity index (χ0n) is 14.8. The number of rotatable bonds is 7. The van der Waals surface area contributed by atoms with Crippen LogP contribution in [0.2, 0.25) is 0 Å². The van der Waals surface area contributed by atoms with Crippen LogP contribution in [0.5, 0.6) is 0 Å². The third-order valence-corrected chi connectivity index (χ3v) is 4.07. The molecule has 0 fully saturated rings. The van der Waals surface area contributed by atoms with Crippen molar-refractivity contribution in [3.63, 3.8) is 0 Å². The van der Waals surface area contributed by atoms with Crippen LogP contribution < -0.4 is 5.56 Å². The first-order valence-corrected chi connectivity index (χ1v) is 8.57. The standard InChI is InChI=1S/C19H19N5O3/c1-2-3-18-17(13-21-12-14-8-10-20-11-9-14)19(25)23(22-18)15-4-6-16(7-5-15)24(26)27/h4-11,13,22H,2-3,12H2,1H3. The number of hydrogen-bond acceptors (Lipinski definition) is 5.